The average Bonchev–Trinajstić information content (AvgIpc) is 3.01. The van der Waals surface area contributed by atoms with E-state index in [0.29, 0.717) is 5.56 Å². The summed E-state index contributed by atoms with van der Waals surface area (Å²) in [6.45, 7) is -0.652. The van der Waals surface area contributed by atoms with Gasteiger partial charge in [-0.2, -0.15) is 0 Å². The van der Waals surface area contributed by atoms with Gasteiger partial charge in [-0.3, -0.25) is 4.79 Å². The normalized spacial score (nSPS) is 21.3. The number of carbonyl (C=O) groups excluding carboxylic acids is 1. The number of phenolic OH excluding ortho intramolecular Hbond substituents is 5. The molecule has 15 heteroatoms. The lowest BCUT2D eigenvalue weighted by molar-refractivity contribution is -0.278. The summed E-state index contributed by atoms with van der Waals surface area (Å²) in [5.74, 6) is -4.04. The van der Waals surface area contributed by atoms with E-state index in [4.69, 9.17) is 23.4 Å². The van der Waals surface area contributed by atoms with Crippen LogP contribution in [0.2, 0.25) is 0 Å². The van der Waals surface area contributed by atoms with Crippen LogP contribution in [0.15, 0.2) is 63.8 Å². The molecule has 5 rings (SSSR count). The third-order valence-electron chi connectivity index (χ3n) is 7.06. The van der Waals surface area contributed by atoms with E-state index in [1.54, 1.807) is 0 Å². The van der Waals surface area contributed by atoms with Crippen LogP contribution in [0.4, 0.5) is 0 Å². The molecule has 0 bridgehead atoms. The smallest absolute Gasteiger partial charge is 0.330 e. The van der Waals surface area contributed by atoms with E-state index in [1.165, 1.54) is 49.6 Å². The Hall–Kier alpha value is -5.48. The maximum atomic E-state index is 13.6. The second-order valence-electron chi connectivity index (χ2n) is 10.2. The number of aliphatic hydroxyl groups is 3. The summed E-state index contributed by atoms with van der Waals surface area (Å²) in [6.07, 6.45) is -6.74. The van der Waals surface area contributed by atoms with Crippen LogP contribution in [0, 0.1) is 0 Å². The summed E-state index contributed by atoms with van der Waals surface area (Å²) in [5.41, 5.74) is -0.847. The molecule has 8 N–H and O–H groups in total. The summed E-state index contributed by atoms with van der Waals surface area (Å²) in [7, 11) is 1.32. The van der Waals surface area contributed by atoms with Gasteiger partial charge in [0.05, 0.1) is 7.11 Å². The maximum absolute atomic E-state index is 13.6. The predicted molar refractivity (Wildman–Crippen MR) is 157 cm³/mol. The summed E-state index contributed by atoms with van der Waals surface area (Å²) in [5, 5.41) is 81.0. The Bertz CT molecular complexity index is 1860. The zero-order valence-corrected chi connectivity index (χ0v) is 23.8. The lowest BCUT2D eigenvalue weighted by atomic mass is 9.99. The maximum Gasteiger partial charge on any atom is 0.330 e. The van der Waals surface area contributed by atoms with Crippen molar-refractivity contribution in [3.63, 3.8) is 0 Å². The lowest BCUT2D eigenvalue weighted by Crippen LogP contribution is -2.60. The van der Waals surface area contributed by atoms with Crippen LogP contribution in [-0.2, 0) is 14.3 Å². The standard InChI is InChI=1S/C31H28O15/c1-42-20-6-4-14(9-18(20)35)29-30(26(39)24-19(36)10-15(32)11-21(24)44-29)46-31-28(41)27(40)25(38)22(45-31)12-43-23(37)7-3-13-2-5-16(33)17(34)8-13/h2-11,22,25,27-28,31-36,38,40-41H,12H2,1H3/b7-3+/t22-,25-,27+,28+,31-/m1/s1. The highest BCUT2D eigenvalue weighted by Crippen LogP contribution is 2.39. The molecule has 4 aromatic rings. The third kappa shape index (κ3) is 6.33. The van der Waals surface area contributed by atoms with E-state index < -0.39 is 77.1 Å². The molecule has 5 atom stereocenters. The minimum absolute atomic E-state index is 0.0558. The van der Waals surface area contributed by atoms with Crippen molar-refractivity contribution in [3.05, 3.63) is 70.4 Å². The summed E-state index contributed by atoms with van der Waals surface area (Å²) in [6, 6.07) is 9.69. The molecule has 0 spiro atoms. The van der Waals surface area contributed by atoms with Crippen LogP contribution in [0.5, 0.6) is 40.2 Å². The molecule has 1 fully saturated rings. The second-order valence-corrected chi connectivity index (χ2v) is 10.2. The van der Waals surface area contributed by atoms with Crippen molar-refractivity contribution < 1.29 is 69.0 Å². The second kappa shape index (κ2) is 12.9. The quantitative estimate of drug-likeness (QED) is 0.0771. The fraction of sp³-hybridized carbons (Fsp3) is 0.226. The van der Waals surface area contributed by atoms with Crippen molar-refractivity contribution in [2.24, 2.45) is 0 Å². The molecule has 1 aliphatic rings. The molecular weight excluding hydrogens is 612 g/mol. The van der Waals surface area contributed by atoms with Gasteiger partial charge >= 0.3 is 5.97 Å². The SMILES string of the molecule is COc1ccc(-c2oc3cc(O)cc(O)c3c(=O)c2O[C@H]2O[C@H](COC(=O)/C=C/c3ccc(O)c(O)c3)[C@@H](O)[C@H](O)[C@@H]2O)cc1O. The zero-order valence-electron chi connectivity index (χ0n) is 23.8. The van der Waals surface area contributed by atoms with E-state index >= 15 is 0 Å². The minimum Gasteiger partial charge on any atom is -0.508 e. The molecule has 3 aromatic carbocycles. The van der Waals surface area contributed by atoms with Crippen LogP contribution in [0.1, 0.15) is 5.56 Å². The van der Waals surface area contributed by atoms with Crippen LogP contribution in [0.3, 0.4) is 0 Å². The van der Waals surface area contributed by atoms with E-state index in [0.717, 1.165) is 18.2 Å². The monoisotopic (exact) mass is 640 g/mol. The number of hydrogen-bond acceptors (Lipinski definition) is 15. The number of aromatic hydroxyl groups is 5. The Morgan fingerprint density at radius 1 is 0.870 bits per heavy atom. The molecule has 2 heterocycles. The van der Waals surface area contributed by atoms with Gasteiger partial charge in [0, 0.05) is 23.8 Å². The summed E-state index contributed by atoms with van der Waals surface area (Å²) < 4.78 is 27.3. The number of carbonyl (C=O) groups is 1. The average molecular weight is 641 g/mol. The summed E-state index contributed by atoms with van der Waals surface area (Å²) >= 11 is 0. The molecule has 1 aliphatic heterocycles. The molecule has 15 nitrogen and oxygen atoms in total. The Balaban J connectivity index is 1.43. The first-order valence-corrected chi connectivity index (χ1v) is 13.5. The molecule has 242 valence electrons. The first kappa shape index (κ1) is 31.9. The van der Waals surface area contributed by atoms with Crippen molar-refractivity contribution >= 4 is 23.0 Å². The number of rotatable bonds is 8. The Morgan fingerprint density at radius 2 is 1.63 bits per heavy atom. The third-order valence-corrected chi connectivity index (χ3v) is 7.06. The number of esters is 1. The van der Waals surface area contributed by atoms with Crippen LogP contribution in [0.25, 0.3) is 28.4 Å². The van der Waals surface area contributed by atoms with Crippen molar-refractivity contribution in [3.8, 4) is 51.6 Å². The van der Waals surface area contributed by atoms with E-state index in [2.05, 4.69) is 0 Å². The van der Waals surface area contributed by atoms with Gasteiger partial charge in [-0.15, -0.1) is 0 Å². The van der Waals surface area contributed by atoms with Crippen molar-refractivity contribution in [1.82, 2.24) is 0 Å². The van der Waals surface area contributed by atoms with Gasteiger partial charge < -0.3 is 64.2 Å². The Labute approximate surface area is 258 Å². The fourth-order valence-corrected chi connectivity index (χ4v) is 4.69. The molecular formula is C31H28O15. The molecule has 0 unspecified atom stereocenters. The number of methoxy groups -OCH3 is 1. The van der Waals surface area contributed by atoms with Crippen molar-refractivity contribution in [2.45, 2.75) is 30.7 Å². The highest BCUT2D eigenvalue weighted by atomic mass is 16.7. The topological polar surface area (TPSA) is 246 Å². The number of fused-ring (bicyclic) bond motifs is 1. The lowest BCUT2D eigenvalue weighted by Gasteiger charge is -2.39. The van der Waals surface area contributed by atoms with E-state index in [-0.39, 0.29) is 34.2 Å². The first-order valence-electron chi connectivity index (χ1n) is 13.5. The first-order chi connectivity index (χ1) is 21.9. The van der Waals surface area contributed by atoms with Crippen molar-refractivity contribution in [2.75, 3.05) is 13.7 Å². The van der Waals surface area contributed by atoms with E-state index in [9.17, 15) is 50.4 Å². The van der Waals surface area contributed by atoms with E-state index in [1.807, 2.05) is 0 Å². The van der Waals surface area contributed by atoms with Gasteiger partial charge in [0.1, 0.15) is 53.5 Å². The predicted octanol–water partition coefficient (Wildman–Crippen LogP) is 1.44. The number of ether oxygens (including phenoxy) is 4. The number of phenols is 5. The van der Waals surface area contributed by atoms with Gasteiger partial charge in [0.2, 0.25) is 17.5 Å². The highest BCUT2D eigenvalue weighted by Gasteiger charge is 2.46. The minimum atomic E-state index is -1.95. The molecule has 0 amide bonds. The summed E-state index contributed by atoms with van der Waals surface area (Å²) in [4.78, 5) is 26.0. The van der Waals surface area contributed by atoms with Gasteiger partial charge in [-0.25, -0.2) is 4.79 Å². The molecule has 0 saturated carbocycles. The van der Waals surface area contributed by atoms with Gasteiger partial charge in [0.15, 0.2) is 28.8 Å². The van der Waals surface area contributed by atoms with Crippen molar-refractivity contribution in [1.29, 1.82) is 0 Å². The van der Waals surface area contributed by atoms with Crippen LogP contribution >= 0.6 is 0 Å². The number of benzene rings is 3. The number of aliphatic hydroxyl groups excluding tert-OH is 3. The molecule has 0 radical (unpaired) electrons. The highest BCUT2D eigenvalue weighted by molar-refractivity contribution is 5.88. The molecule has 0 aliphatic carbocycles. The molecule has 1 aromatic heterocycles. The fourth-order valence-electron chi connectivity index (χ4n) is 4.69. The van der Waals surface area contributed by atoms with Gasteiger partial charge in [-0.05, 0) is 42.0 Å². The largest absolute Gasteiger partial charge is 0.508 e. The zero-order chi connectivity index (χ0) is 33.3. The molecule has 46 heavy (non-hydrogen) atoms. The van der Waals surface area contributed by atoms with Crippen LogP contribution < -0.4 is 14.9 Å². The Kier molecular flexibility index (Phi) is 8.93. The Morgan fingerprint density at radius 3 is 2.33 bits per heavy atom. The molecule has 1 saturated heterocycles. The van der Waals surface area contributed by atoms with Gasteiger partial charge in [0.25, 0.3) is 0 Å². The number of hydrogen-bond donors (Lipinski definition) is 8. The van der Waals surface area contributed by atoms with Gasteiger partial charge in [-0.1, -0.05) is 6.07 Å². The van der Waals surface area contributed by atoms with Crippen LogP contribution in [-0.4, -0.2) is 91.2 Å².